The molecular weight excluding hydrogens is 285 g/mol. The summed E-state index contributed by atoms with van der Waals surface area (Å²) in [6.07, 6.45) is 6.69. The van der Waals surface area contributed by atoms with E-state index in [1.807, 2.05) is 12.1 Å². The van der Waals surface area contributed by atoms with Gasteiger partial charge < -0.3 is 0 Å². The molecule has 0 fully saturated rings. The van der Waals surface area contributed by atoms with Gasteiger partial charge in [-0.25, -0.2) is 4.39 Å². The van der Waals surface area contributed by atoms with Crippen molar-refractivity contribution in [2.24, 2.45) is 0 Å². The van der Waals surface area contributed by atoms with Crippen molar-refractivity contribution >= 4 is 0 Å². The number of pyridine rings is 1. The van der Waals surface area contributed by atoms with Crippen LogP contribution in [0.25, 0.3) is 11.3 Å². The summed E-state index contributed by atoms with van der Waals surface area (Å²) in [7, 11) is 0. The highest BCUT2D eigenvalue weighted by Crippen LogP contribution is 2.50. The number of nitrogens with zero attached hydrogens (tertiary/aromatic N) is 1. The minimum absolute atomic E-state index is 0.000185. The van der Waals surface area contributed by atoms with Gasteiger partial charge in [0, 0.05) is 25.5 Å². The highest BCUT2D eigenvalue weighted by atomic mass is 19.1. The zero-order chi connectivity index (χ0) is 16.7. The SMILES string of the molecule is CCCCC1(C)c2ccc(F)cc2-c2cccc[n+]2C1(C)CC. The van der Waals surface area contributed by atoms with Crippen LogP contribution in [0.15, 0.2) is 42.6 Å². The summed E-state index contributed by atoms with van der Waals surface area (Å²) in [6, 6.07) is 11.6. The number of hydrogen-bond acceptors (Lipinski definition) is 0. The van der Waals surface area contributed by atoms with E-state index in [1.165, 1.54) is 18.4 Å². The second-order valence-electron chi connectivity index (χ2n) is 7.21. The standard InChI is InChI=1S/C21H27FN/c1-5-7-13-20(3)18-12-11-16(22)15-17(18)19-10-8-9-14-23(19)21(20,4)6-2/h8-12,14-15H,5-7,13H2,1-4H3/q+1. The molecule has 2 unspecified atom stereocenters. The molecule has 1 aromatic carbocycles. The Morgan fingerprint density at radius 2 is 1.87 bits per heavy atom. The molecule has 23 heavy (non-hydrogen) atoms. The van der Waals surface area contributed by atoms with Crippen LogP contribution in [-0.2, 0) is 11.0 Å². The molecule has 1 aliphatic heterocycles. The number of benzene rings is 1. The smallest absolute Gasteiger partial charge is 0.207 e. The lowest BCUT2D eigenvalue weighted by Crippen LogP contribution is -2.67. The first kappa shape index (κ1) is 16.2. The molecule has 0 aliphatic carbocycles. The Hall–Kier alpha value is -1.70. The van der Waals surface area contributed by atoms with Crippen molar-refractivity contribution in [3.63, 3.8) is 0 Å². The predicted molar refractivity (Wildman–Crippen MR) is 92.8 cm³/mol. The first-order valence-corrected chi connectivity index (χ1v) is 8.79. The molecule has 0 N–H and O–H groups in total. The van der Waals surface area contributed by atoms with Gasteiger partial charge in [0.05, 0.1) is 11.0 Å². The molecule has 0 spiro atoms. The number of hydrogen-bond donors (Lipinski definition) is 0. The van der Waals surface area contributed by atoms with Gasteiger partial charge in [0.1, 0.15) is 5.82 Å². The zero-order valence-corrected chi connectivity index (χ0v) is 14.7. The molecule has 0 bridgehead atoms. The molecule has 0 saturated heterocycles. The van der Waals surface area contributed by atoms with E-state index in [0.29, 0.717) is 0 Å². The Kier molecular flexibility index (Phi) is 4.03. The topological polar surface area (TPSA) is 3.88 Å². The van der Waals surface area contributed by atoms with Crippen LogP contribution in [0, 0.1) is 5.82 Å². The number of halogens is 1. The van der Waals surface area contributed by atoms with Crippen molar-refractivity contribution < 1.29 is 8.96 Å². The summed E-state index contributed by atoms with van der Waals surface area (Å²) >= 11 is 0. The van der Waals surface area contributed by atoms with Crippen molar-refractivity contribution in [1.82, 2.24) is 0 Å². The summed E-state index contributed by atoms with van der Waals surface area (Å²) < 4.78 is 16.3. The Morgan fingerprint density at radius 3 is 2.57 bits per heavy atom. The van der Waals surface area contributed by atoms with E-state index in [4.69, 9.17) is 0 Å². The second kappa shape index (κ2) is 5.74. The van der Waals surface area contributed by atoms with Crippen molar-refractivity contribution in [3.8, 4) is 11.3 Å². The minimum atomic E-state index is -0.155. The number of unbranched alkanes of at least 4 members (excludes halogenated alkanes) is 1. The third-order valence-corrected chi connectivity index (χ3v) is 6.15. The molecule has 0 radical (unpaired) electrons. The summed E-state index contributed by atoms with van der Waals surface area (Å²) in [5, 5.41) is 0. The lowest BCUT2D eigenvalue weighted by molar-refractivity contribution is -0.765. The van der Waals surface area contributed by atoms with Crippen molar-refractivity contribution in [3.05, 3.63) is 54.0 Å². The van der Waals surface area contributed by atoms with Gasteiger partial charge >= 0.3 is 0 Å². The third kappa shape index (κ3) is 2.22. The lowest BCUT2D eigenvalue weighted by Gasteiger charge is -2.46. The quantitative estimate of drug-likeness (QED) is 0.668. The van der Waals surface area contributed by atoms with Gasteiger partial charge in [-0.2, -0.15) is 4.57 Å². The maximum Gasteiger partial charge on any atom is 0.213 e. The first-order chi connectivity index (χ1) is 11.0. The van der Waals surface area contributed by atoms with Crippen LogP contribution in [0.4, 0.5) is 4.39 Å². The Morgan fingerprint density at radius 1 is 1.09 bits per heavy atom. The van der Waals surface area contributed by atoms with Gasteiger partial charge in [-0.15, -0.1) is 0 Å². The van der Waals surface area contributed by atoms with Crippen LogP contribution in [0.2, 0.25) is 0 Å². The number of rotatable bonds is 4. The molecular formula is C21H27FN+. The average Bonchev–Trinajstić information content (AvgIpc) is 2.58. The van der Waals surface area contributed by atoms with E-state index < -0.39 is 0 Å². The maximum atomic E-state index is 14.0. The summed E-state index contributed by atoms with van der Waals surface area (Å²) in [4.78, 5) is 0. The van der Waals surface area contributed by atoms with E-state index >= 15 is 0 Å². The first-order valence-electron chi connectivity index (χ1n) is 8.79. The molecule has 1 nitrogen and oxygen atoms in total. The molecule has 3 rings (SSSR count). The summed E-state index contributed by atoms with van der Waals surface area (Å²) in [5.74, 6) is -0.155. The largest absolute Gasteiger partial charge is 0.213 e. The molecule has 2 atom stereocenters. The number of fused-ring (bicyclic) bond motifs is 3. The van der Waals surface area contributed by atoms with E-state index in [2.05, 4.69) is 50.6 Å². The molecule has 2 aromatic rings. The van der Waals surface area contributed by atoms with E-state index in [-0.39, 0.29) is 16.8 Å². The molecule has 1 aliphatic rings. The van der Waals surface area contributed by atoms with Crippen LogP contribution in [-0.4, -0.2) is 0 Å². The fourth-order valence-corrected chi connectivity index (χ4v) is 4.35. The van der Waals surface area contributed by atoms with Crippen molar-refractivity contribution in [2.75, 3.05) is 0 Å². The maximum absolute atomic E-state index is 14.0. The Balaban J connectivity index is 2.33. The summed E-state index contributed by atoms with van der Waals surface area (Å²) in [5.41, 5.74) is 3.46. The Bertz CT molecular complexity index is 724. The van der Waals surface area contributed by atoms with E-state index in [9.17, 15) is 4.39 Å². The lowest BCUT2D eigenvalue weighted by atomic mass is 9.60. The molecule has 2 heteroatoms. The average molecular weight is 312 g/mol. The van der Waals surface area contributed by atoms with Gasteiger partial charge in [0.15, 0.2) is 11.7 Å². The van der Waals surface area contributed by atoms with Crippen molar-refractivity contribution in [2.45, 2.75) is 64.3 Å². The van der Waals surface area contributed by atoms with Gasteiger partial charge in [-0.05, 0) is 37.1 Å². The fourth-order valence-electron chi connectivity index (χ4n) is 4.35. The van der Waals surface area contributed by atoms with Gasteiger partial charge in [0.2, 0.25) is 5.69 Å². The van der Waals surface area contributed by atoms with Crippen LogP contribution in [0.5, 0.6) is 0 Å². The van der Waals surface area contributed by atoms with E-state index in [0.717, 1.165) is 24.1 Å². The van der Waals surface area contributed by atoms with Crippen LogP contribution in [0.1, 0.15) is 58.9 Å². The normalized spacial score (nSPS) is 25.8. The van der Waals surface area contributed by atoms with E-state index in [1.54, 1.807) is 12.1 Å². The molecule has 1 aromatic heterocycles. The highest BCUT2D eigenvalue weighted by molar-refractivity contribution is 5.65. The van der Waals surface area contributed by atoms with Gasteiger partial charge in [-0.1, -0.05) is 32.8 Å². The molecule has 0 amide bonds. The van der Waals surface area contributed by atoms with Crippen LogP contribution >= 0.6 is 0 Å². The van der Waals surface area contributed by atoms with Crippen LogP contribution < -0.4 is 4.57 Å². The molecule has 2 heterocycles. The summed E-state index contributed by atoms with van der Waals surface area (Å²) in [6.45, 7) is 9.23. The monoisotopic (exact) mass is 312 g/mol. The minimum Gasteiger partial charge on any atom is -0.207 e. The molecule has 0 saturated carbocycles. The fraction of sp³-hybridized carbons (Fsp3) is 0.476. The van der Waals surface area contributed by atoms with Gasteiger partial charge in [-0.3, -0.25) is 0 Å². The zero-order valence-electron chi connectivity index (χ0n) is 14.7. The Labute approximate surface area is 139 Å². The molecule has 122 valence electrons. The third-order valence-electron chi connectivity index (χ3n) is 6.15. The van der Waals surface area contributed by atoms with Crippen molar-refractivity contribution in [1.29, 1.82) is 0 Å². The highest BCUT2D eigenvalue weighted by Gasteiger charge is 2.56. The van der Waals surface area contributed by atoms with Crippen LogP contribution in [0.3, 0.4) is 0 Å². The second-order valence-corrected chi connectivity index (χ2v) is 7.21. The number of aromatic nitrogens is 1. The predicted octanol–water partition coefficient (Wildman–Crippen LogP) is 5.37. The van der Waals surface area contributed by atoms with Gasteiger partial charge in [0.25, 0.3) is 0 Å².